The van der Waals surface area contributed by atoms with Gasteiger partial charge in [-0.25, -0.2) is 0 Å². The van der Waals surface area contributed by atoms with Crippen molar-refractivity contribution in [3.05, 3.63) is 34.9 Å². The van der Waals surface area contributed by atoms with E-state index < -0.39 is 0 Å². The summed E-state index contributed by atoms with van der Waals surface area (Å²) in [5.41, 5.74) is 3.83. The Morgan fingerprint density at radius 1 is 1.12 bits per heavy atom. The van der Waals surface area contributed by atoms with Gasteiger partial charge >= 0.3 is 0 Å². The zero-order valence-electron chi connectivity index (χ0n) is 14.4. The molecule has 4 rings (SSSR count). The number of amides is 2. The van der Waals surface area contributed by atoms with Crippen molar-refractivity contribution in [3.8, 4) is 0 Å². The summed E-state index contributed by atoms with van der Waals surface area (Å²) in [4.78, 5) is 28.9. The third kappa shape index (κ3) is 2.51. The number of carbonyl (C=O) groups excluding carboxylic acids is 2. The van der Waals surface area contributed by atoms with Crippen LogP contribution < -0.4 is 5.32 Å². The van der Waals surface area contributed by atoms with Gasteiger partial charge in [0, 0.05) is 25.7 Å². The zero-order valence-corrected chi connectivity index (χ0v) is 14.4. The van der Waals surface area contributed by atoms with Gasteiger partial charge in [-0.05, 0) is 44.2 Å². The number of piperazine rings is 1. The van der Waals surface area contributed by atoms with Gasteiger partial charge in [-0.1, -0.05) is 23.8 Å². The molecule has 3 fully saturated rings. The second kappa shape index (κ2) is 5.88. The molecule has 128 valence electrons. The van der Waals surface area contributed by atoms with E-state index in [-0.39, 0.29) is 29.9 Å². The molecule has 1 aromatic rings. The standard InChI is InChI=1S/C19H25N3O2/c1-12-5-6-14(13(2)8-12)10-20-15-9-17-19(24)21-7-3-4-16(21)18(23)22(17)11-15/h5-6,8,15-17,20H,3-4,7,9-11H2,1-2H3/t15-,16-,17-/m0/s1. The van der Waals surface area contributed by atoms with Crippen LogP contribution in [0, 0.1) is 13.8 Å². The lowest BCUT2D eigenvalue weighted by Crippen LogP contribution is -2.60. The minimum atomic E-state index is -0.247. The Morgan fingerprint density at radius 2 is 1.92 bits per heavy atom. The number of nitrogens with one attached hydrogen (secondary N) is 1. The number of aryl methyl sites for hydroxylation is 2. The van der Waals surface area contributed by atoms with Crippen LogP contribution in [-0.4, -0.2) is 52.8 Å². The average molecular weight is 327 g/mol. The Hall–Kier alpha value is -1.88. The molecule has 24 heavy (non-hydrogen) atoms. The highest BCUT2D eigenvalue weighted by atomic mass is 16.2. The van der Waals surface area contributed by atoms with E-state index >= 15 is 0 Å². The molecule has 5 nitrogen and oxygen atoms in total. The lowest BCUT2D eigenvalue weighted by Gasteiger charge is -2.38. The number of hydrogen-bond donors (Lipinski definition) is 1. The van der Waals surface area contributed by atoms with E-state index in [1.807, 2.05) is 9.80 Å². The number of nitrogens with zero attached hydrogens (tertiary/aromatic N) is 2. The van der Waals surface area contributed by atoms with Gasteiger partial charge in [-0.3, -0.25) is 9.59 Å². The van der Waals surface area contributed by atoms with Gasteiger partial charge in [0.1, 0.15) is 12.1 Å². The molecular weight excluding hydrogens is 302 g/mol. The van der Waals surface area contributed by atoms with Crippen molar-refractivity contribution in [2.45, 2.75) is 57.8 Å². The summed E-state index contributed by atoms with van der Waals surface area (Å²) in [6, 6.07) is 6.24. The molecule has 3 atom stereocenters. The van der Waals surface area contributed by atoms with Gasteiger partial charge in [-0.15, -0.1) is 0 Å². The molecule has 2 amide bonds. The zero-order chi connectivity index (χ0) is 16.8. The van der Waals surface area contributed by atoms with Gasteiger partial charge in [0.2, 0.25) is 11.8 Å². The van der Waals surface area contributed by atoms with Crippen molar-refractivity contribution in [2.24, 2.45) is 0 Å². The van der Waals surface area contributed by atoms with Crippen LogP contribution in [0.15, 0.2) is 18.2 Å². The van der Waals surface area contributed by atoms with Gasteiger partial charge in [-0.2, -0.15) is 0 Å². The topological polar surface area (TPSA) is 52.7 Å². The third-order valence-corrected chi connectivity index (χ3v) is 5.77. The van der Waals surface area contributed by atoms with E-state index in [0.29, 0.717) is 6.54 Å². The number of hydrogen-bond acceptors (Lipinski definition) is 3. The summed E-state index contributed by atoms with van der Waals surface area (Å²) in [6.45, 7) is 6.42. The first-order chi connectivity index (χ1) is 11.5. The fourth-order valence-corrected chi connectivity index (χ4v) is 4.43. The Morgan fingerprint density at radius 3 is 2.71 bits per heavy atom. The van der Waals surface area contributed by atoms with Crippen LogP contribution in [0.3, 0.4) is 0 Å². The molecule has 3 aliphatic rings. The maximum absolute atomic E-state index is 12.6. The SMILES string of the molecule is Cc1ccc(CN[C@H]2C[C@H]3C(=O)N4CCC[C@H]4C(=O)N3C2)c(C)c1. The molecule has 0 aromatic heterocycles. The maximum Gasteiger partial charge on any atom is 0.246 e. The monoisotopic (exact) mass is 327 g/mol. The minimum absolute atomic E-state index is 0.160. The van der Waals surface area contributed by atoms with Crippen LogP contribution in [0.25, 0.3) is 0 Å². The molecule has 3 heterocycles. The predicted molar refractivity (Wildman–Crippen MR) is 91.4 cm³/mol. The third-order valence-electron chi connectivity index (χ3n) is 5.77. The van der Waals surface area contributed by atoms with E-state index in [0.717, 1.165) is 32.4 Å². The summed E-state index contributed by atoms with van der Waals surface area (Å²) in [5.74, 6) is 0.320. The summed E-state index contributed by atoms with van der Waals surface area (Å²) in [6.07, 6.45) is 2.52. The molecule has 0 saturated carbocycles. The maximum atomic E-state index is 12.6. The lowest BCUT2D eigenvalue weighted by molar-refractivity contribution is -0.156. The second-order valence-corrected chi connectivity index (χ2v) is 7.44. The molecule has 1 N–H and O–H groups in total. The molecular formula is C19H25N3O2. The highest BCUT2D eigenvalue weighted by Crippen LogP contribution is 2.32. The average Bonchev–Trinajstić information content (AvgIpc) is 3.19. The molecule has 0 bridgehead atoms. The van der Waals surface area contributed by atoms with Crippen molar-refractivity contribution in [2.75, 3.05) is 13.1 Å². The van der Waals surface area contributed by atoms with Crippen molar-refractivity contribution in [1.82, 2.24) is 15.1 Å². The molecule has 3 saturated heterocycles. The van der Waals surface area contributed by atoms with Crippen molar-refractivity contribution >= 4 is 11.8 Å². The largest absolute Gasteiger partial charge is 0.329 e. The lowest BCUT2D eigenvalue weighted by atomic mass is 10.0. The van der Waals surface area contributed by atoms with Crippen molar-refractivity contribution in [1.29, 1.82) is 0 Å². The Balaban J connectivity index is 1.43. The molecule has 0 spiro atoms. The highest BCUT2D eigenvalue weighted by Gasteiger charge is 2.51. The molecule has 0 radical (unpaired) electrons. The number of carbonyl (C=O) groups is 2. The van der Waals surface area contributed by atoms with E-state index in [2.05, 4.69) is 37.4 Å². The predicted octanol–water partition coefficient (Wildman–Crippen LogP) is 1.37. The summed E-state index contributed by atoms with van der Waals surface area (Å²) in [5, 5.41) is 3.56. The molecule has 1 aromatic carbocycles. The van der Waals surface area contributed by atoms with Gasteiger partial charge in [0.15, 0.2) is 0 Å². The van der Waals surface area contributed by atoms with E-state index in [9.17, 15) is 9.59 Å². The number of fused-ring (bicyclic) bond motifs is 2. The molecule has 3 aliphatic heterocycles. The minimum Gasteiger partial charge on any atom is -0.329 e. The summed E-state index contributed by atoms with van der Waals surface area (Å²) < 4.78 is 0. The van der Waals surface area contributed by atoms with Crippen LogP contribution in [0.4, 0.5) is 0 Å². The quantitative estimate of drug-likeness (QED) is 0.912. The van der Waals surface area contributed by atoms with Crippen LogP contribution in [0.1, 0.15) is 36.0 Å². The highest BCUT2D eigenvalue weighted by molar-refractivity contribution is 5.98. The Kier molecular flexibility index (Phi) is 3.83. The summed E-state index contributed by atoms with van der Waals surface area (Å²) in [7, 11) is 0. The molecule has 5 heteroatoms. The first-order valence-electron chi connectivity index (χ1n) is 8.95. The number of rotatable bonds is 3. The fraction of sp³-hybridized carbons (Fsp3) is 0.579. The van der Waals surface area contributed by atoms with E-state index in [1.54, 1.807) is 0 Å². The first-order valence-corrected chi connectivity index (χ1v) is 8.95. The van der Waals surface area contributed by atoms with Crippen molar-refractivity contribution < 1.29 is 9.59 Å². The van der Waals surface area contributed by atoms with Gasteiger partial charge in [0.05, 0.1) is 0 Å². The van der Waals surface area contributed by atoms with Crippen molar-refractivity contribution in [3.63, 3.8) is 0 Å². The summed E-state index contributed by atoms with van der Waals surface area (Å²) >= 11 is 0. The van der Waals surface area contributed by atoms with E-state index in [4.69, 9.17) is 0 Å². The van der Waals surface area contributed by atoms with Crippen LogP contribution >= 0.6 is 0 Å². The van der Waals surface area contributed by atoms with E-state index in [1.165, 1.54) is 16.7 Å². The second-order valence-electron chi connectivity index (χ2n) is 7.44. The normalized spacial score (nSPS) is 29.2. The smallest absolute Gasteiger partial charge is 0.246 e. The number of benzene rings is 1. The van der Waals surface area contributed by atoms with Gasteiger partial charge in [0.25, 0.3) is 0 Å². The Bertz CT molecular complexity index is 657. The molecule has 0 aliphatic carbocycles. The Labute approximate surface area is 143 Å². The molecule has 0 unspecified atom stereocenters. The van der Waals surface area contributed by atoms with Crippen LogP contribution in [0.5, 0.6) is 0 Å². The van der Waals surface area contributed by atoms with Crippen LogP contribution in [0.2, 0.25) is 0 Å². The van der Waals surface area contributed by atoms with Crippen LogP contribution in [-0.2, 0) is 16.1 Å². The van der Waals surface area contributed by atoms with Gasteiger partial charge < -0.3 is 15.1 Å². The fourth-order valence-electron chi connectivity index (χ4n) is 4.43. The first kappa shape index (κ1) is 15.6.